The molecule has 0 aromatic rings. The minimum absolute atomic E-state index is 0.0873. The van der Waals surface area contributed by atoms with Gasteiger partial charge in [-0.3, -0.25) is 0 Å². The zero-order valence-electron chi connectivity index (χ0n) is 5.39. The zero-order valence-corrected chi connectivity index (χ0v) is 5.39. The smallest absolute Gasteiger partial charge is 0.406 e. The third-order valence-electron chi connectivity index (χ3n) is 0.790. The first-order valence-electron chi connectivity index (χ1n) is 2.74. The molecule has 0 saturated carbocycles. The van der Waals surface area contributed by atoms with E-state index in [9.17, 15) is 4.79 Å². The van der Waals surface area contributed by atoms with Crippen molar-refractivity contribution in [1.29, 1.82) is 0 Å². The van der Waals surface area contributed by atoms with Gasteiger partial charge in [0.15, 0.2) is 0 Å². The van der Waals surface area contributed by atoms with E-state index in [1.54, 1.807) is 0 Å². The predicted molar refractivity (Wildman–Crippen MR) is 32.1 cm³/mol. The van der Waals surface area contributed by atoms with Gasteiger partial charge in [0.1, 0.15) is 0 Å². The van der Waals surface area contributed by atoms with Crippen molar-refractivity contribution in [2.24, 2.45) is 0 Å². The van der Waals surface area contributed by atoms with Crippen molar-refractivity contribution in [3.8, 4) is 0 Å². The van der Waals surface area contributed by atoms with Gasteiger partial charge in [-0.25, -0.2) is 4.79 Å². The molecule has 0 spiro atoms. The van der Waals surface area contributed by atoms with Gasteiger partial charge in [-0.05, 0) is 6.42 Å². The van der Waals surface area contributed by atoms with Crippen LogP contribution in [0.25, 0.3) is 0 Å². The van der Waals surface area contributed by atoms with E-state index in [0.29, 0.717) is 13.0 Å². The fourth-order valence-corrected chi connectivity index (χ4v) is 0.342. The van der Waals surface area contributed by atoms with Crippen molar-refractivity contribution in [2.45, 2.75) is 6.42 Å². The Bertz CT molecular complexity index is 84.3. The Kier molecular flexibility index (Phi) is 4.91. The van der Waals surface area contributed by atoms with Gasteiger partial charge in [-0.15, -0.1) is 0 Å². The number of hydrogen-bond acceptors (Lipinski definition) is 3. The Morgan fingerprint density at radius 2 is 2.44 bits per heavy atom. The van der Waals surface area contributed by atoms with Gasteiger partial charge < -0.3 is 15.2 Å². The number of carbonyl (C=O) groups excluding carboxylic acids is 1. The summed E-state index contributed by atoms with van der Waals surface area (Å²) in [6, 6.07) is 0. The highest BCUT2D eigenvalue weighted by Gasteiger charge is 1.93. The lowest BCUT2D eigenvalue weighted by Gasteiger charge is -1.99. The van der Waals surface area contributed by atoms with Gasteiger partial charge in [0.25, 0.3) is 0 Å². The van der Waals surface area contributed by atoms with Crippen LogP contribution in [0.2, 0.25) is 0 Å². The molecule has 0 saturated heterocycles. The van der Waals surface area contributed by atoms with Crippen LogP contribution in [-0.4, -0.2) is 31.5 Å². The number of aliphatic hydroxyl groups excluding tert-OH is 1. The molecule has 0 bridgehead atoms. The fourth-order valence-electron chi connectivity index (χ4n) is 0.342. The van der Waals surface area contributed by atoms with Crippen LogP contribution in [0, 0.1) is 0 Å². The van der Waals surface area contributed by atoms with Gasteiger partial charge in [0.05, 0.1) is 7.11 Å². The molecule has 0 aromatic carbocycles. The number of aliphatic hydroxyl groups is 1. The van der Waals surface area contributed by atoms with E-state index < -0.39 is 6.09 Å². The molecule has 0 aliphatic carbocycles. The van der Waals surface area contributed by atoms with Crippen molar-refractivity contribution in [3.05, 3.63) is 0 Å². The largest absolute Gasteiger partial charge is 0.453 e. The summed E-state index contributed by atoms with van der Waals surface area (Å²) in [4.78, 5) is 10.3. The van der Waals surface area contributed by atoms with Crippen LogP contribution < -0.4 is 5.32 Å². The van der Waals surface area contributed by atoms with E-state index in [1.807, 2.05) is 0 Å². The summed E-state index contributed by atoms with van der Waals surface area (Å²) in [5.74, 6) is 0. The van der Waals surface area contributed by atoms with Crippen molar-refractivity contribution < 1.29 is 14.6 Å². The number of ether oxygens (including phenoxy) is 1. The van der Waals surface area contributed by atoms with E-state index in [1.165, 1.54) is 7.11 Å². The molecule has 4 heteroatoms. The van der Waals surface area contributed by atoms with E-state index in [0.717, 1.165) is 0 Å². The zero-order chi connectivity index (χ0) is 7.11. The van der Waals surface area contributed by atoms with Crippen LogP contribution in [0.5, 0.6) is 0 Å². The number of carbonyl (C=O) groups is 1. The maximum Gasteiger partial charge on any atom is 0.406 e. The van der Waals surface area contributed by atoms with Crippen molar-refractivity contribution in [3.63, 3.8) is 0 Å². The number of methoxy groups -OCH3 is 1. The minimum Gasteiger partial charge on any atom is -0.453 e. The summed E-state index contributed by atoms with van der Waals surface area (Å²) in [6.07, 6.45) is 0.109. The second kappa shape index (κ2) is 5.37. The first-order valence-corrected chi connectivity index (χ1v) is 2.74. The van der Waals surface area contributed by atoms with Crippen LogP contribution in [0.3, 0.4) is 0 Å². The van der Waals surface area contributed by atoms with Gasteiger partial charge in [-0.2, -0.15) is 0 Å². The number of hydrogen-bond donors (Lipinski definition) is 2. The van der Waals surface area contributed by atoms with Crippen LogP contribution >= 0.6 is 0 Å². The van der Waals surface area contributed by atoms with Gasteiger partial charge >= 0.3 is 6.09 Å². The molecule has 0 aliphatic heterocycles. The average Bonchev–Trinajstić information content (AvgIpc) is 1.89. The predicted octanol–water partition coefficient (Wildman–Crippen LogP) is -0.275. The summed E-state index contributed by atoms with van der Waals surface area (Å²) in [7, 11) is 1.30. The molecular formula is C5H11NO3. The molecule has 0 aromatic heterocycles. The molecule has 0 unspecified atom stereocenters. The molecule has 4 nitrogen and oxygen atoms in total. The molecular weight excluding hydrogens is 122 g/mol. The Morgan fingerprint density at radius 3 is 2.89 bits per heavy atom. The lowest BCUT2D eigenvalue weighted by atomic mass is 10.5. The molecule has 1 amide bonds. The summed E-state index contributed by atoms with van der Waals surface area (Å²) in [5.41, 5.74) is 0. The second-order valence-corrected chi connectivity index (χ2v) is 1.50. The SMILES string of the molecule is COC(=O)NCCCO. The van der Waals surface area contributed by atoms with Crippen LogP contribution in [0.1, 0.15) is 6.42 Å². The highest BCUT2D eigenvalue weighted by Crippen LogP contribution is 1.74. The molecule has 0 rings (SSSR count). The van der Waals surface area contributed by atoms with Crippen LogP contribution in [-0.2, 0) is 4.74 Å². The molecule has 0 fully saturated rings. The normalized spacial score (nSPS) is 8.67. The number of nitrogens with one attached hydrogen (secondary N) is 1. The Hall–Kier alpha value is -0.770. The summed E-state index contributed by atoms with van der Waals surface area (Å²) < 4.78 is 4.27. The Morgan fingerprint density at radius 1 is 1.78 bits per heavy atom. The molecule has 0 aliphatic rings. The monoisotopic (exact) mass is 133 g/mol. The molecule has 9 heavy (non-hydrogen) atoms. The number of amides is 1. The van der Waals surface area contributed by atoms with Crippen LogP contribution in [0.4, 0.5) is 4.79 Å². The lowest BCUT2D eigenvalue weighted by molar-refractivity contribution is 0.170. The average molecular weight is 133 g/mol. The molecule has 2 N–H and O–H groups in total. The van der Waals surface area contributed by atoms with E-state index in [4.69, 9.17) is 5.11 Å². The second-order valence-electron chi connectivity index (χ2n) is 1.50. The molecule has 0 heterocycles. The highest BCUT2D eigenvalue weighted by atomic mass is 16.5. The fraction of sp³-hybridized carbons (Fsp3) is 0.800. The van der Waals surface area contributed by atoms with Gasteiger partial charge in [-0.1, -0.05) is 0 Å². The number of rotatable bonds is 3. The first kappa shape index (κ1) is 8.23. The topological polar surface area (TPSA) is 58.6 Å². The highest BCUT2D eigenvalue weighted by molar-refractivity contribution is 5.66. The maximum atomic E-state index is 10.3. The lowest BCUT2D eigenvalue weighted by Crippen LogP contribution is -2.24. The van der Waals surface area contributed by atoms with Crippen molar-refractivity contribution in [1.82, 2.24) is 5.32 Å². The first-order chi connectivity index (χ1) is 4.31. The van der Waals surface area contributed by atoms with E-state index in [2.05, 4.69) is 10.1 Å². The Labute approximate surface area is 53.8 Å². The maximum absolute atomic E-state index is 10.3. The standard InChI is InChI=1S/C5H11NO3/c1-9-5(8)6-3-2-4-7/h7H,2-4H2,1H3,(H,6,8). The van der Waals surface area contributed by atoms with Crippen LogP contribution in [0.15, 0.2) is 0 Å². The molecule has 0 atom stereocenters. The third kappa shape index (κ3) is 5.10. The van der Waals surface area contributed by atoms with Gasteiger partial charge in [0, 0.05) is 13.2 Å². The molecule has 0 radical (unpaired) electrons. The van der Waals surface area contributed by atoms with E-state index in [-0.39, 0.29) is 6.61 Å². The summed E-state index contributed by atoms with van der Waals surface area (Å²) in [5, 5.41) is 10.7. The van der Waals surface area contributed by atoms with Crippen molar-refractivity contribution in [2.75, 3.05) is 20.3 Å². The van der Waals surface area contributed by atoms with Crippen molar-refractivity contribution >= 4 is 6.09 Å². The summed E-state index contributed by atoms with van der Waals surface area (Å²) in [6.45, 7) is 0.549. The number of alkyl carbamates (subject to hydrolysis) is 1. The quantitative estimate of drug-likeness (QED) is 0.521. The third-order valence-corrected chi connectivity index (χ3v) is 0.790. The molecule has 54 valence electrons. The Balaban J connectivity index is 2.97. The van der Waals surface area contributed by atoms with Gasteiger partial charge in [0.2, 0.25) is 0 Å². The minimum atomic E-state index is -0.455. The summed E-state index contributed by atoms with van der Waals surface area (Å²) >= 11 is 0. The van der Waals surface area contributed by atoms with E-state index >= 15 is 0 Å².